The van der Waals surface area contributed by atoms with Gasteiger partial charge in [0.2, 0.25) is 0 Å². The average molecular weight is 529 g/mol. The van der Waals surface area contributed by atoms with E-state index in [9.17, 15) is 8.42 Å². The summed E-state index contributed by atoms with van der Waals surface area (Å²) in [6, 6.07) is 25.4. The highest BCUT2D eigenvalue weighted by Crippen LogP contribution is 2.33. The van der Waals surface area contributed by atoms with Crippen LogP contribution in [0.2, 0.25) is 0 Å². The van der Waals surface area contributed by atoms with Crippen LogP contribution < -0.4 is 5.43 Å². The highest BCUT2D eigenvalue weighted by atomic mass is 32.2. The molecule has 3 aromatic carbocycles. The molecular weight excluding hydrogens is 492 g/mol. The molecule has 38 heavy (non-hydrogen) atoms. The van der Waals surface area contributed by atoms with Gasteiger partial charge >= 0.3 is 0 Å². The summed E-state index contributed by atoms with van der Waals surface area (Å²) in [6.07, 6.45) is 5.19. The van der Waals surface area contributed by atoms with E-state index in [0.29, 0.717) is 24.3 Å². The van der Waals surface area contributed by atoms with Crippen LogP contribution in [0.5, 0.6) is 0 Å². The molecule has 7 heteroatoms. The number of sulfone groups is 1. The van der Waals surface area contributed by atoms with E-state index in [0.717, 1.165) is 29.1 Å². The number of anilines is 1. The first-order valence-electron chi connectivity index (χ1n) is 13.2. The molecule has 2 unspecified atom stereocenters. The lowest BCUT2D eigenvalue weighted by Crippen LogP contribution is -2.51. The van der Waals surface area contributed by atoms with E-state index in [1.54, 1.807) is 24.5 Å². The molecule has 2 atom stereocenters. The van der Waals surface area contributed by atoms with Crippen LogP contribution >= 0.6 is 0 Å². The standard InChI is InChI=1S/C31H36N4O2S/c1-31(2,3)25-13-15-26(16-14-25)38(36,37)29-21-24-11-7-8-12-27(24)34-35(20-17-23-9-5-4-6-10-23)28(29)22-30-32-18-19-33-30/h4-16,18-19,28-29,34H,17,20-22H2,1-3H3,(H,32,33). The molecule has 0 aliphatic carbocycles. The number of nitrogens with zero attached hydrogens (tertiary/aromatic N) is 2. The van der Waals surface area contributed by atoms with Crippen LogP contribution in [-0.2, 0) is 34.5 Å². The molecule has 0 radical (unpaired) electrons. The van der Waals surface area contributed by atoms with Gasteiger partial charge in [-0.05, 0) is 53.1 Å². The predicted octanol–water partition coefficient (Wildman–Crippen LogP) is 5.59. The number of hydrogen-bond acceptors (Lipinski definition) is 5. The van der Waals surface area contributed by atoms with Crippen molar-refractivity contribution in [2.24, 2.45) is 0 Å². The number of benzene rings is 3. The summed E-state index contributed by atoms with van der Waals surface area (Å²) >= 11 is 0. The molecule has 0 saturated heterocycles. The number of hydrogen-bond donors (Lipinski definition) is 2. The zero-order valence-corrected chi connectivity index (χ0v) is 23.1. The highest BCUT2D eigenvalue weighted by molar-refractivity contribution is 7.92. The molecule has 0 saturated carbocycles. The lowest BCUT2D eigenvalue weighted by molar-refractivity contribution is 0.232. The van der Waals surface area contributed by atoms with Crippen molar-refractivity contribution >= 4 is 15.5 Å². The van der Waals surface area contributed by atoms with Gasteiger partial charge in [0.05, 0.1) is 21.9 Å². The van der Waals surface area contributed by atoms with E-state index in [1.165, 1.54) is 5.56 Å². The molecule has 5 rings (SSSR count). The molecule has 6 nitrogen and oxygen atoms in total. The van der Waals surface area contributed by atoms with Crippen LogP contribution in [0.4, 0.5) is 5.69 Å². The number of rotatable bonds is 7. The Labute approximate surface area is 226 Å². The average Bonchev–Trinajstić information content (AvgIpc) is 3.37. The Kier molecular flexibility index (Phi) is 7.41. The Balaban J connectivity index is 1.56. The summed E-state index contributed by atoms with van der Waals surface area (Å²) in [5.74, 6) is 0.774. The summed E-state index contributed by atoms with van der Waals surface area (Å²) in [5, 5.41) is 1.45. The van der Waals surface area contributed by atoms with Gasteiger partial charge in [0.25, 0.3) is 0 Å². The SMILES string of the molecule is CC(C)(C)c1ccc(S(=O)(=O)C2Cc3ccccc3NN(CCc3ccccc3)C2Cc2ncc[nH]2)cc1. The second kappa shape index (κ2) is 10.8. The van der Waals surface area contributed by atoms with Crippen LogP contribution in [0, 0.1) is 0 Å². The fourth-order valence-electron chi connectivity index (χ4n) is 5.20. The minimum atomic E-state index is -3.68. The first-order chi connectivity index (χ1) is 18.2. The Morgan fingerprint density at radius 1 is 0.947 bits per heavy atom. The van der Waals surface area contributed by atoms with E-state index in [-0.39, 0.29) is 11.5 Å². The quantitative estimate of drug-likeness (QED) is 0.327. The molecule has 1 aliphatic rings. The number of hydrazine groups is 1. The number of imidazole rings is 1. The van der Waals surface area contributed by atoms with E-state index in [4.69, 9.17) is 0 Å². The monoisotopic (exact) mass is 528 g/mol. The predicted molar refractivity (Wildman–Crippen MR) is 153 cm³/mol. The number of H-pyrrole nitrogens is 1. The van der Waals surface area contributed by atoms with Gasteiger partial charge in [-0.2, -0.15) is 0 Å². The van der Waals surface area contributed by atoms with Gasteiger partial charge in [0.1, 0.15) is 5.82 Å². The third-order valence-electron chi connectivity index (χ3n) is 7.42. The van der Waals surface area contributed by atoms with E-state index < -0.39 is 15.1 Å². The lowest BCUT2D eigenvalue weighted by Gasteiger charge is -2.35. The van der Waals surface area contributed by atoms with Gasteiger partial charge in [-0.3, -0.25) is 0 Å². The van der Waals surface area contributed by atoms with Crippen molar-refractivity contribution in [2.45, 2.75) is 61.6 Å². The summed E-state index contributed by atoms with van der Waals surface area (Å²) in [4.78, 5) is 8.02. The zero-order chi connectivity index (χ0) is 26.8. The van der Waals surface area contributed by atoms with Crippen molar-refractivity contribution in [3.05, 3.63) is 114 Å². The van der Waals surface area contributed by atoms with E-state index in [2.05, 4.69) is 53.3 Å². The first-order valence-corrected chi connectivity index (χ1v) is 14.7. The molecule has 0 amide bonds. The number of para-hydroxylation sites is 1. The molecule has 2 N–H and O–H groups in total. The Hall–Kier alpha value is -3.42. The maximum atomic E-state index is 14.4. The third kappa shape index (κ3) is 5.69. The highest BCUT2D eigenvalue weighted by Gasteiger charge is 2.41. The molecule has 0 bridgehead atoms. The minimum Gasteiger partial charge on any atom is -0.349 e. The van der Waals surface area contributed by atoms with Crippen LogP contribution in [0.1, 0.15) is 43.3 Å². The van der Waals surface area contributed by atoms with Crippen molar-refractivity contribution in [1.82, 2.24) is 15.0 Å². The van der Waals surface area contributed by atoms with E-state index in [1.807, 2.05) is 54.6 Å². The van der Waals surface area contributed by atoms with Crippen molar-refractivity contribution in [2.75, 3.05) is 12.0 Å². The van der Waals surface area contributed by atoms with Gasteiger partial charge in [-0.15, -0.1) is 0 Å². The van der Waals surface area contributed by atoms with Crippen LogP contribution in [0.15, 0.2) is 96.2 Å². The molecular formula is C31H36N4O2S. The Morgan fingerprint density at radius 3 is 2.34 bits per heavy atom. The summed E-state index contributed by atoms with van der Waals surface area (Å²) < 4.78 is 28.8. The number of aromatic amines is 1. The molecule has 1 aromatic heterocycles. The van der Waals surface area contributed by atoms with Crippen molar-refractivity contribution in [3.63, 3.8) is 0 Å². The van der Waals surface area contributed by atoms with Gasteiger partial charge in [-0.1, -0.05) is 81.4 Å². The van der Waals surface area contributed by atoms with E-state index >= 15 is 0 Å². The summed E-state index contributed by atoms with van der Waals surface area (Å²) in [5.41, 5.74) is 7.82. The Morgan fingerprint density at radius 2 is 1.66 bits per heavy atom. The fraction of sp³-hybridized carbons (Fsp3) is 0.323. The fourth-order valence-corrected chi connectivity index (χ4v) is 7.12. The summed E-state index contributed by atoms with van der Waals surface area (Å²) in [6.45, 7) is 7.05. The molecule has 198 valence electrons. The largest absolute Gasteiger partial charge is 0.349 e. The van der Waals surface area contributed by atoms with Crippen molar-refractivity contribution < 1.29 is 8.42 Å². The zero-order valence-electron chi connectivity index (χ0n) is 22.3. The lowest BCUT2D eigenvalue weighted by atomic mass is 9.87. The molecule has 1 aliphatic heterocycles. The minimum absolute atomic E-state index is 0.0521. The smallest absolute Gasteiger partial charge is 0.183 e. The first kappa shape index (κ1) is 26.2. The van der Waals surface area contributed by atoms with Gasteiger partial charge in [0, 0.05) is 25.4 Å². The van der Waals surface area contributed by atoms with Crippen LogP contribution in [0.3, 0.4) is 0 Å². The number of fused-ring (bicyclic) bond motifs is 1. The van der Waals surface area contributed by atoms with Gasteiger partial charge in [0.15, 0.2) is 9.84 Å². The van der Waals surface area contributed by atoms with Crippen LogP contribution in [-0.4, -0.2) is 41.2 Å². The second-order valence-electron chi connectivity index (χ2n) is 11.1. The normalized spacial score (nSPS) is 18.4. The maximum absolute atomic E-state index is 14.4. The van der Waals surface area contributed by atoms with Crippen LogP contribution in [0.25, 0.3) is 0 Å². The van der Waals surface area contributed by atoms with Crippen molar-refractivity contribution in [1.29, 1.82) is 0 Å². The molecule has 4 aromatic rings. The number of nitrogens with one attached hydrogen (secondary N) is 2. The molecule has 0 spiro atoms. The van der Waals surface area contributed by atoms with Gasteiger partial charge < -0.3 is 10.4 Å². The number of aromatic nitrogens is 2. The van der Waals surface area contributed by atoms with Gasteiger partial charge in [-0.25, -0.2) is 18.4 Å². The molecule has 2 heterocycles. The molecule has 0 fully saturated rings. The second-order valence-corrected chi connectivity index (χ2v) is 13.2. The maximum Gasteiger partial charge on any atom is 0.183 e. The topological polar surface area (TPSA) is 78.1 Å². The third-order valence-corrected chi connectivity index (χ3v) is 9.63. The van der Waals surface area contributed by atoms with Crippen molar-refractivity contribution in [3.8, 4) is 0 Å². The Bertz CT molecular complexity index is 1440. The summed E-state index contributed by atoms with van der Waals surface area (Å²) in [7, 11) is -3.68.